The van der Waals surface area contributed by atoms with E-state index < -0.39 is 0 Å². The molecule has 0 fully saturated rings. The van der Waals surface area contributed by atoms with Crippen molar-refractivity contribution >= 4 is 23.3 Å². The zero-order valence-corrected chi connectivity index (χ0v) is 18.9. The summed E-state index contributed by atoms with van der Waals surface area (Å²) < 4.78 is 9.30. The van der Waals surface area contributed by atoms with E-state index >= 15 is 0 Å². The maximum absolute atomic E-state index is 9.51. The summed E-state index contributed by atoms with van der Waals surface area (Å²) in [7, 11) is 0. The van der Waals surface area contributed by atoms with Crippen LogP contribution in [0.4, 0.5) is 0 Å². The lowest BCUT2D eigenvalue weighted by Gasteiger charge is -2.13. The molecule has 4 rings (SSSR count). The highest BCUT2D eigenvalue weighted by Gasteiger charge is 2.26. The van der Waals surface area contributed by atoms with Gasteiger partial charge in [0.1, 0.15) is 21.8 Å². The van der Waals surface area contributed by atoms with E-state index in [1.807, 2.05) is 32.0 Å². The third kappa shape index (κ3) is 4.22. The van der Waals surface area contributed by atoms with Gasteiger partial charge in [-0.25, -0.2) is 0 Å². The summed E-state index contributed by atoms with van der Waals surface area (Å²) >= 11 is 3.33. The average Bonchev–Trinajstić information content (AvgIpc) is 3.39. The molecule has 0 amide bonds. The number of benzene rings is 2. The highest BCUT2D eigenvalue weighted by molar-refractivity contribution is 7.97. The minimum Gasteiger partial charge on any atom is -0.490 e. The highest BCUT2D eigenvalue weighted by Crippen LogP contribution is 2.40. The molecule has 2 aromatic carbocycles. The third-order valence-electron chi connectivity index (χ3n) is 5.01. The predicted molar refractivity (Wildman–Crippen MR) is 124 cm³/mol. The second-order valence-corrected chi connectivity index (χ2v) is 9.50. The molecule has 1 aliphatic rings. The number of aromatic nitrogens is 2. The number of ether oxygens (including phenoxy) is 1. The number of nitrogens with one attached hydrogen (secondary N) is 1. The molecule has 0 bridgehead atoms. The Kier molecular flexibility index (Phi) is 6.38. The molecule has 7 heteroatoms. The van der Waals surface area contributed by atoms with Crippen LogP contribution in [-0.4, -0.2) is 22.1 Å². The summed E-state index contributed by atoms with van der Waals surface area (Å²) in [5, 5.41) is 20.1. The maximum Gasteiger partial charge on any atom is 0.148 e. The standard InChI is InChI=1S/C23H24N4OS2/c1-4-29-27-20-10-9-17-18(20)6-5-7-19(17)23-26-25-22(30-23)15-8-11-21(28-14(2)3)16(12-15)13-24/h5-8,11-12,14,20,27H,4,9-10H2,1-3H3. The van der Waals surface area contributed by atoms with Gasteiger partial charge in [-0.1, -0.05) is 48.4 Å². The molecule has 5 nitrogen and oxygen atoms in total. The zero-order chi connectivity index (χ0) is 21.1. The van der Waals surface area contributed by atoms with E-state index in [9.17, 15) is 5.26 Å². The lowest BCUT2D eigenvalue weighted by molar-refractivity contribution is 0.242. The quantitative estimate of drug-likeness (QED) is 0.474. The lowest BCUT2D eigenvalue weighted by Crippen LogP contribution is -2.11. The number of rotatable bonds is 7. The van der Waals surface area contributed by atoms with Gasteiger partial charge in [-0.05, 0) is 56.0 Å². The second kappa shape index (κ2) is 9.17. The van der Waals surface area contributed by atoms with Crippen molar-refractivity contribution in [1.82, 2.24) is 14.9 Å². The van der Waals surface area contributed by atoms with E-state index in [2.05, 4.69) is 46.1 Å². The first-order chi connectivity index (χ1) is 14.6. The Bertz CT molecular complexity index is 1090. The fraction of sp³-hybridized carbons (Fsp3) is 0.348. The molecule has 154 valence electrons. The Hall–Kier alpha value is -2.40. The molecule has 1 heterocycles. The summed E-state index contributed by atoms with van der Waals surface area (Å²) in [5.41, 5.74) is 5.31. The second-order valence-electron chi connectivity index (χ2n) is 7.42. The summed E-state index contributed by atoms with van der Waals surface area (Å²) in [4.78, 5) is 0. The van der Waals surface area contributed by atoms with Crippen LogP contribution in [0.1, 0.15) is 49.9 Å². The first kappa shape index (κ1) is 20.9. The van der Waals surface area contributed by atoms with E-state index in [1.165, 1.54) is 16.7 Å². The Labute approximate surface area is 185 Å². The van der Waals surface area contributed by atoms with Gasteiger partial charge in [-0.2, -0.15) is 5.26 Å². The molecule has 0 aliphatic heterocycles. The molecule has 0 saturated heterocycles. The van der Waals surface area contributed by atoms with Gasteiger partial charge in [0.25, 0.3) is 0 Å². The van der Waals surface area contributed by atoms with Crippen LogP contribution in [0.3, 0.4) is 0 Å². The minimum atomic E-state index is 0.0188. The smallest absolute Gasteiger partial charge is 0.148 e. The van der Waals surface area contributed by atoms with Gasteiger partial charge in [0, 0.05) is 22.9 Å². The van der Waals surface area contributed by atoms with Crippen molar-refractivity contribution in [1.29, 1.82) is 5.26 Å². The third-order valence-corrected chi connectivity index (χ3v) is 6.75. The molecule has 1 aromatic heterocycles. The molecule has 1 unspecified atom stereocenters. The van der Waals surface area contributed by atoms with Crippen molar-refractivity contribution in [3.63, 3.8) is 0 Å². The van der Waals surface area contributed by atoms with Crippen molar-refractivity contribution in [3.05, 3.63) is 53.1 Å². The topological polar surface area (TPSA) is 70.8 Å². The Morgan fingerprint density at radius 3 is 2.87 bits per heavy atom. The van der Waals surface area contributed by atoms with Crippen molar-refractivity contribution in [3.8, 4) is 33.0 Å². The molecule has 1 aliphatic carbocycles. The van der Waals surface area contributed by atoms with Crippen molar-refractivity contribution in [2.45, 2.75) is 45.8 Å². The van der Waals surface area contributed by atoms with Crippen LogP contribution in [0.5, 0.6) is 5.75 Å². The summed E-state index contributed by atoms with van der Waals surface area (Å²) in [6, 6.07) is 14.7. The van der Waals surface area contributed by atoms with Gasteiger partial charge in [0.2, 0.25) is 0 Å². The number of hydrogen-bond donors (Lipinski definition) is 1. The fourth-order valence-electron chi connectivity index (χ4n) is 3.72. The number of nitrogens with zero attached hydrogens (tertiary/aromatic N) is 3. The largest absolute Gasteiger partial charge is 0.490 e. The van der Waals surface area contributed by atoms with Gasteiger partial charge in [-0.3, -0.25) is 4.72 Å². The minimum absolute atomic E-state index is 0.0188. The fourth-order valence-corrected chi connectivity index (χ4v) is 5.22. The number of nitriles is 1. The van der Waals surface area contributed by atoms with Crippen molar-refractivity contribution in [2.24, 2.45) is 0 Å². The van der Waals surface area contributed by atoms with E-state index in [0.29, 0.717) is 17.4 Å². The van der Waals surface area contributed by atoms with E-state index in [4.69, 9.17) is 4.74 Å². The van der Waals surface area contributed by atoms with Gasteiger partial charge >= 0.3 is 0 Å². The average molecular weight is 437 g/mol. The first-order valence-corrected chi connectivity index (χ1v) is 11.9. The molecular formula is C23H24N4OS2. The van der Waals surface area contributed by atoms with Crippen LogP contribution in [0, 0.1) is 11.3 Å². The Morgan fingerprint density at radius 1 is 1.27 bits per heavy atom. The maximum atomic E-state index is 9.51. The Morgan fingerprint density at radius 2 is 2.10 bits per heavy atom. The SMILES string of the molecule is CCSNC1CCc2c(-c3nnc(-c4ccc(OC(C)C)c(C#N)c4)s3)cccc21. The van der Waals surface area contributed by atoms with E-state index in [0.717, 1.165) is 34.2 Å². The van der Waals surface area contributed by atoms with Crippen LogP contribution in [0.15, 0.2) is 36.4 Å². The molecule has 0 saturated carbocycles. The molecule has 1 N–H and O–H groups in total. The molecule has 3 aromatic rings. The van der Waals surface area contributed by atoms with Crippen LogP contribution in [0.25, 0.3) is 21.1 Å². The monoisotopic (exact) mass is 436 g/mol. The van der Waals surface area contributed by atoms with Crippen molar-refractivity contribution < 1.29 is 4.74 Å². The van der Waals surface area contributed by atoms with Gasteiger partial charge in [-0.15, -0.1) is 10.2 Å². The zero-order valence-electron chi connectivity index (χ0n) is 17.3. The molecule has 0 radical (unpaired) electrons. The predicted octanol–water partition coefficient (Wildman–Crippen LogP) is 5.78. The molecule has 0 spiro atoms. The summed E-state index contributed by atoms with van der Waals surface area (Å²) in [6.45, 7) is 6.06. The lowest BCUT2D eigenvalue weighted by atomic mass is 10.0. The number of hydrogen-bond acceptors (Lipinski definition) is 7. The van der Waals surface area contributed by atoms with E-state index in [-0.39, 0.29) is 6.10 Å². The van der Waals surface area contributed by atoms with Gasteiger partial charge in [0.05, 0.1) is 11.7 Å². The van der Waals surface area contributed by atoms with Crippen LogP contribution in [-0.2, 0) is 6.42 Å². The van der Waals surface area contributed by atoms with Crippen LogP contribution < -0.4 is 9.46 Å². The summed E-state index contributed by atoms with van der Waals surface area (Å²) in [5.74, 6) is 1.65. The Balaban J connectivity index is 1.63. The first-order valence-electron chi connectivity index (χ1n) is 10.1. The highest BCUT2D eigenvalue weighted by atomic mass is 32.2. The summed E-state index contributed by atoms with van der Waals surface area (Å²) in [6.07, 6.45) is 2.17. The molecule has 1 atom stereocenters. The normalized spacial score (nSPS) is 15.2. The van der Waals surface area contributed by atoms with Gasteiger partial charge in [0.15, 0.2) is 0 Å². The van der Waals surface area contributed by atoms with E-state index in [1.54, 1.807) is 23.3 Å². The van der Waals surface area contributed by atoms with Crippen LogP contribution in [0.2, 0.25) is 0 Å². The molecule has 30 heavy (non-hydrogen) atoms. The van der Waals surface area contributed by atoms with Crippen LogP contribution >= 0.6 is 23.3 Å². The number of fused-ring (bicyclic) bond motifs is 1. The van der Waals surface area contributed by atoms with Gasteiger partial charge < -0.3 is 4.74 Å². The molecular weight excluding hydrogens is 412 g/mol. The van der Waals surface area contributed by atoms with Crippen molar-refractivity contribution in [2.75, 3.05) is 5.75 Å².